The molecule has 0 fully saturated rings. The standard InChI is InChI=1S/C10H18O4/c1-6-12-10(5,13-7-2)14-9(11)8(3)4/h3,6-7H2,1-2,4-5H3. The highest BCUT2D eigenvalue weighted by Crippen LogP contribution is 2.16. The van der Waals surface area contributed by atoms with Crippen molar-refractivity contribution >= 4 is 5.97 Å². The molecule has 0 radical (unpaired) electrons. The summed E-state index contributed by atoms with van der Waals surface area (Å²) < 4.78 is 15.4. The van der Waals surface area contributed by atoms with Gasteiger partial charge in [-0.25, -0.2) is 4.79 Å². The average molecular weight is 202 g/mol. The van der Waals surface area contributed by atoms with Gasteiger partial charge in [0.05, 0.1) is 13.2 Å². The fraction of sp³-hybridized carbons (Fsp3) is 0.700. The lowest BCUT2D eigenvalue weighted by atomic mass is 10.4. The second-order valence-corrected chi connectivity index (χ2v) is 2.90. The largest absolute Gasteiger partial charge is 0.405 e. The lowest BCUT2D eigenvalue weighted by molar-refractivity contribution is -0.348. The molecule has 0 aliphatic rings. The van der Waals surface area contributed by atoms with Crippen molar-refractivity contribution in [3.63, 3.8) is 0 Å². The number of hydrogen-bond acceptors (Lipinski definition) is 4. The zero-order valence-electron chi connectivity index (χ0n) is 9.25. The summed E-state index contributed by atoms with van der Waals surface area (Å²) >= 11 is 0. The Balaban J connectivity index is 4.35. The predicted octanol–water partition coefficient (Wildman–Crippen LogP) is 1.85. The molecule has 0 saturated heterocycles. The highest BCUT2D eigenvalue weighted by atomic mass is 16.9. The summed E-state index contributed by atoms with van der Waals surface area (Å²) in [6.45, 7) is 11.0. The fourth-order valence-corrected chi connectivity index (χ4v) is 0.880. The monoisotopic (exact) mass is 202 g/mol. The molecule has 0 aromatic heterocycles. The van der Waals surface area contributed by atoms with E-state index in [2.05, 4.69) is 6.58 Å². The maximum atomic E-state index is 11.2. The second-order valence-electron chi connectivity index (χ2n) is 2.90. The van der Waals surface area contributed by atoms with Crippen LogP contribution in [0.5, 0.6) is 0 Å². The fourth-order valence-electron chi connectivity index (χ4n) is 0.880. The molecule has 0 unspecified atom stereocenters. The SMILES string of the molecule is C=C(C)C(=O)OC(C)(OCC)OCC. The number of carbonyl (C=O) groups is 1. The Morgan fingerprint density at radius 1 is 1.29 bits per heavy atom. The van der Waals surface area contributed by atoms with Crippen molar-refractivity contribution in [2.45, 2.75) is 33.7 Å². The lowest BCUT2D eigenvalue weighted by Crippen LogP contribution is -2.38. The van der Waals surface area contributed by atoms with E-state index in [9.17, 15) is 4.79 Å². The van der Waals surface area contributed by atoms with Crippen LogP contribution in [0.25, 0.3) is 0 Å². The molecule has 0 aliphatic carbocycles. The molecule has 4 heteroatoms. The van der Waals surface area contributed by atoms with Crippen LogP contribution in [0.4, 0.5) is 0 Å². The minimum Gasteiger partial charge on any atom is -0.405 e. The normalized spacial score (nSPS) is 11.1. The van der Waals surface area contributed by atoms with Crippen molar-refractivity contribution in [1.29, 1.82) is 0 Å². The minimum atomic E-state index is -1.31. The van der Waals surface area contributed by atoms with Crippen molar-refractivity contribution in [1.82, 2.24) is 0 Å². The summed E-state index contributed by atoms with van der Waals surface area (Å²) in [5.74, 6) is -1.83. The molecule has 4 nitrogen and oxygen atoms in total. The van der Waals surface area contributed by atoms with Gasteiger partial charge in [-0.05, 0) is 20.8 Å². The summed E-state index contributed by atoms with van der Waals surface area (Å²) in [4.78, 5) is 11.2. The topological polar surface area (TPSA) is 44.8 Å². The van der Waals surface area contributed by atoms with E-state index in [-0.39, 0.29) is 0 Å². The van der Waals surface area contributed by atoms with Gasteiger partial charge < -0.3 is 14.2 Å². The first-order chi connectivity index (χ1) is 6.45. The van der Waals surface area contributed by atoms with Crippen molar-refractivity contribution in [2.75, 3.05) is 13.2 Å². The molecule has 0 heterocycles. The third-order valence-corrected chi connectivity index (χ3v) is 1.44. The van der Waals surface area contributed by atoms with Crippen molar-refractivity contribution in [3.05, 3.63) is 12.2 Å². The first-order valence-electron chi connectivity index (χ1n) is 4.62. The van der Waals surface area contributed by atoms with Gasteiger partial charge in [0.25, 0.3) is 0 Å². The zero-order valence-corrected chi connectivity index (χ0v) is 9.25. The van der Waals surface area contributed by atoms with Gasteiger partial charge in [0.1, 0.15) is 0 Å². The third-order valence-electron chi connectivity index (χ3n) is 1.44. The van der Waals surface area contributed by atoms with E-state index in [0.717, 1.165) is 0 Å². The Morgan fingerprint density at radius 3 is 2.00 bits per heavy atom. The molecular weight excluding hydrogens is 184 g/mol. The van der Waals surface area contributed by atoms with E-state index < -0.39 is 11.9 Å². The third kappa shape index (κ3) is 4.39. The van der Waals surface area contributed by atoms with Gasteiger partial charge in [0.2, 0.25) is 0 Å². The van der Waals surface area contributed by atoms with E-state index >= 15 is 0 Å². The zero-order chi connectivity index (χ0) is 11.2. The molecule has 82 valence electrons. The summed E-state index contributed by atoms with van der Waals surface area (Å²) in [6, 6.07) is 0. The molecule has 0 bridgehead atoms. The van der Waals surface area contributed by atoms with E-state index in [1.165, 1.54) is 0 Å². The van der Waals surface area contributed by atoms with Gasteiger partial charge in [-0.2, -0.15) is 0 Å². The molecule has 0 aliphatic heterocycles. The average Bonchev–Trinajstić information content (AvgIpc) is 2.04. The van der Waals surface area contributed by atoms with Gasteiger partial charge in [-0.15, -0.1) is 0 Å². The molecule has 14 heavy (non-hydrogen) atoms. The Hall–Kier alpha value is -0.870. The minimum absolute atomic E-state index is 0.315. The molecular formula is C10H18O4. The van der Waals surface area contributed by atoms with Crippen LogP contribution in [0, 0.1) is 0 Å². The lowest BCUT2D eigenvalue weighted by Gasteiger charge is -2.28. The quantitative estimate of drug-likeness (QED) is 0.374. The molecule has 0 aromatic rings. The molecule has 0 atom stereocenters. The molecule has 0 aromatic carbocycles. The van der Waals surface area contributed by atoms with Crippen LogP contribution < -0.4 is 0 Å². The maximum Gasteiger partial charge on any atom is 0.337 e. The smallest absolute Gasteiger partial charge is 0.337 e. The van der Waals surface area contributed by atoms with Crippen molar-refractivity contribution < 1.29 is 19.0 Å². The number of rotatable bonds is 6. The van der Waals surface area contributed by atoms with Gasteiger partial charge in [0, 0.05) is 12.5 Å². The van der Waals surface area contributed by atoms with Crippen molar-refractivity contribution in [2.24, 2.45) is 0 Å². The van der Waals surface area contributed by atoms with Crippen LogP contribution in [-0.2, 0) is 19.0 Å². The predicted molar refractivity (Wildman–Crippen MR) is 52.6 cm³/mol. The number of carbonyl (C=O) groups excluding carboxylic acids is 1. The molecule has 0 N–H and O–H groups in total. The Morgan fingerprint density at radius 2 is 1.71 bits per heavy atom. The molecule has 0 spiro atoms. The van der Waals surface area contributed by atoms with Crippen LogP contribution in [0.15, 0.2) is 12.2 Å². The summed E-state index contributed by atoms with van der Waals surface area (Å²) in [5, 5.41) is 0. The highest BCUT2D eigenvalue weighted by Gasteiger charge is 2.30. The van der Waals surface area contributed by atoms with Gasteiger partial charge >= 0.3 is 11.9 Å². The molecule has 0 amide bonds. The van der Waals surface area contributed by atoms with Crippen LogP contribution in [0.2, 0.25) is 0 Å². The Bertz CT molecular complexity index is 204. The second kappa shape index (κ2) is 5.78. The number of hydrogen-bond donors (Lipinski definition) is 0. The summed E-state index contributed by atoms with van der Waals surface area (Å²) in [6.07, 6.45) is 0. The van der Waals surface area contributed by atoms with Crippen molar-refractivity contribution in [3.8, 4) is 0 Å². The maximum absolute atomic E-state index is 11.2. The first-order valence-corrected chi connectivity index (χ1v) is 4.62. The van der Waals surface area contributed by atoms with Crippen LogP contribution in [0.1, 0.15) is 27.7 Å². The van der Waals surface area contributed by atoms with E-state index in [1.54, 1.807) is 27.7 Å². The molecule has 0 saturated carbocycles. The van der Waals surface area contributed by atoms with E-state index in [1.807, 2.05) is 0 Å². The highest BCUT2D eigenvalue weighted by molar-refractivity contribution is 5.87. The van der Waals surface area contributed by atoms with E-state index in [4.69, 9.17) is 14.2 Å². The number of ether oxygens (including phenoxy) is 3. The Kier molecular flexibility index (Phi) is 5.42. The van der Waals surface area contributed by atoms with Crippen LogP contribution in [0.3, 0.4) is 0 Å². The van der Waals surface area contributed by atoms with Gasteiger partial charge in [0.15, 0.2) is 0 Å². The van der Waals surface area contributed by atoms with Crippen LogP contribution in [-0.4, -0.2) is 25.2 Å². The van der Waals surface area contributed by atoms with Crippen LogP contribution >= 0.6 is 0 Å². The van der Waals surface area contributed by atoms with E-state index in [0.29, 0.717) is 18.8 Å². The molecule has 0 rings (SSSR count). The van der Waals surface area contributed by atoms with Gasteiger partial charge in [-0.1, -0.05) is 6.58 Å². The van der Waals surface area contributed by atoms with Gasteiger partial charge in [-0.3, -0.25) is 0 Å². The number of esters is 1. The summed E-state index contributed by atoms with van der Waals surface area (Å²) in [7, 11) is 0. The summed E-state index contributed by atoms with van der Waals surface area (Å²) in [5.41, 5.74) is 0.315. The first kappa shape index (κ1) is 13.1. The Labute approximate surface area is 84.8 Å².